The standard InChI is InChI=1S/C11H23NO2/c1-2-9-4-3-5-10(6-9)12-7-11(14)8-13/h9-14H,2-8H2,1H3/t9?,10?,11-/m0/s1. The Morgan fingerprint density at radius 2 is 2.21 bits per heavy atom. The smallest absolute Gasteiger partial charge is 0.0895 e. The summed E-state index contributed by atoms with van der Waals surface area (Å²) in [6.07, 6.45) is 5.77. The molecule has 14 heavy (non-hydrogen) atoms. The molecule has 0 aromatic heterocycles. The van der Waals surface area contributed by atoms with Gasteiger partial charge in [0.15, 0.2) is 0 Å². The van der Waals surface area contributed by atoms with Crippen LogP contribution in [0.25, 0.3) is 0 Å². The maximum atomic E-state index is 9.20. The SMILES string of the molecule is CCC1CCCC(NC[C@H](O)CO)C1. The topological polar surface area (TPSA) is 52.5 Å². The first-order valence-corrected chi connectivity index (χ1v) is 5.78. The Kier molecular flexibility index (Phi) is 5.45. The Balaban J connectivity index is 2.17. The van der Waals surface area contributed by atoms with Crippen LogP contribution in [0, 0.1) is 5.92 Å². The Morgan fingerprint density at radius 1 is 1.43 bits per heavy atom. The van der Waals surface area contributed by atoms with E-state index in [2.05, 4.69) is 12.2 Å². The summed E-state index contributed by atoms with van der Waals surface area (Å²) in [6, 6.07) is 0.551. The van der Waals surface area contributed by atoms with E-state index in [1.807, 2.05) is 0 Å². The fourth-order valence-electron chi connectivity index (χ4n) is 2.21. The fraction of sp³-hybridized carbons (Fsp3) is 1.00. The molecule has 0 amide bonds. The normalized spacial score (nSPS) is 30.2. The van der Waals surface area contributed by atoms with Gasteiger partial charge < -0.3 is 15.5 Å². The van der Waals surface area contributed by atoms with Crippen LogP contribution in [-0.4, -0.2) is 35.5 Å². The van der Waals surface area contributed by atoms with Crippen LogP contribution >= 0.6 is 0 Å². The second kappa shape index (κ2) is 6.38. The van der Waals surface area contributed by atoms with Crippen LogP contribution < -0.4 is 5.32 Å². The first kappa shape index (κ1) is 12.0. The lowest BCUT2D eigenvalue weighted by molar-refractivity contribution is 0.0889. The molecular weight excluding hydrogens is 178 g/mol. The van der Waals surface area contributed by atoms with E-state index in [1.165, 1.54) is 32.1 Å². The van der Waals surface area contributed by atoms with E-state index in [1.54, 1.807) is 0 Å². The molecule has 1 rings (SSSR count). The zero-order valence-electron chi connectivity index (χ0n) is 9.08. The van der Waals surface area contributed by atoms with Gasteiger partial charge in [0.2, 0.25) is 0 Å². The van der Waals surface area contributed by atoms with E-state index in [9.17, 15) is 5.11 Å². The van der Waals surface area contributed by atoms with Crippen LogP contribution in [0.5, 0.6) is 0 Å². The third kappa shape index (κ3) is 3.95. The molecule has 3 N–H and O–H groups in total. The summed E-state index contributed by atoms with van der Waals surface area (Å²) in [5.41, 5.74) is 0. The van der Waals surface area contributed by atoms with Gasteiger partial charge in [0.1, 0.15) is 0 Å². The molecule has 0 aromatic rings. The third-order valence-corrected chi connectivity index (χ3v) is 3.21. The van der Waals surface area contributed by atoms with Gasteiger partial charge >= 0.3 is 0 Å². The molecular formula is C11H23NO2. The second-order valence-electron chi connectivity index (χ2n) is 4.38. The second-order valence-corrected chi connectivity index (χ2v) is 4.38. The molecule has 0 radical (unpaired) electrons. The van der Waals surface area contributed by atoms with E-state index in [-0.39, 0.29) is 6.61 Å². The predicted octanol–water partition coefficient (Wildman–Crippen LogP) is 0.898. The van der Waals surface area contributed by atoms with Crippen molar-refractivity contribution >= 4 is 0 Å². The van der Waals surface area contributed by atoms with Crippen molar-refractivity contribution < 1.29 is 10.2 Å². The van der Waals surface area contributed by atoms with Crippen molar-refractivity contribution in [2.75, 3.05) is 13.2 Å². The molecule has 1 fully saturated rings. The maximum absolute atomic E-state index is 9.20. The van der Waals surface area contributed by atoms with Crippen LogP contribution in [0.1, 0.15) is 39.0 Å². The van der Waals surface area contributed by atoms with Crippen LogP contribution in [0.3, 0.4) is 0 Å². The fourth-order valence-corrected chi connectivity index (χ4v) is 2.21. The quantitative estimate of drug-likeness (QED) is 0.619. The largest absolute Gasteiger partial charge is 0.394 e. The highest BCUT2D eigenvalue weighted by atomic mass is 16.3. The van der Waals surface area contributed by atoms with Crippen LogP contribution in [0.15, 0.2) is 0 Å². The van der Waals surface area contributed by atoms with Gasteiger partial charge in [0.25, 0.3) is 0 Å². The van der Waals surface area contributed by atoms with Crippen LogP contribution in [-0.2, 0) is 0 Å². The van der Waals surface area contributed by atoms with Gasteiger partial charge in [0, 0.05) is 12.6 Å². The summed E-state index contributed by atoms with van der Waals surface area (Å²) in [5, 5.41) is 21.2. The van der Waals surface area contributed by atoms with E-state index in [0.29, 0.717) is 12.6 Å². The molecule has 0 heterocycles. The zero-order valence-corrected chi connectivity index (χ0v) is 9.08. The molecule has 1 aliphatic carbocycles. The maximum Gasteiger partial charge on any atom is 0.0895 e. The lowest BCUT2D eigenvalue weighted by Crippen LogP contribution is -2.39. The predicted molar refractivity (Wildman–Crippen MR) is 57.1 cm³/mol. The van der Waals surface area contributed by atoms with Crippen molar-refractivity contribution in [2.45, 2.75) is 51.2 Å². The molecule has 3 heteroatoms. The van der Waals surface area contributed by atoms with Crippen molar-refractivity contribution in [1.29, 1.82) is 0 Å². The van der Waals surface area contributed by atoms with Crippen LogP contribution in [0.4, 0.5) is 0 Å². The Hall–Kier alpha value is -0.120. The summed E-state index contributed by atoms with van der Waals surface area (Å²) in [4.78, 5) is 0. The lowest BCUT2D eigenvalue weighted by Gasteiger charge is -2.29. The van der Waals surface area contributed by atoms with Gasteiger partial charge in [-0.25, -0.2) is 0 Å². The van der Waals surface area contributed by atoms with Gasteiger partial charge in [-0.3, -0.25) is 0 Å². The number of aliphatic hydroxyl groups excluding tert-OH is 2. The van der Waals surface area contributed by atoms with Gasteiger partial charge in [-0.05, 0) is 18.8 Å². The molecule has 1 saturated carbocycles. The molecule has 0 bridgehead atoms. The van der Waals surface area contributed by atoms with Crippen LogP contribution in [0.2, 0.25) is 0 Å². The Bertz CT molecular complexity index is 152. The molecule has 0 saturated heterocycles. The minimum absolute atomic E-state index is 0.142. The number of nitrogens with one attached hydrogen (secondary N) is 1. The van der Waals surface area contributed by atoms with Gasteiger partial charge in [-0.2, -0.15) is 0 Å². The first-order valence-electron chi connectivity index (χ1n) is 5.78. The summed E-state index contributed by atoms with van der Waals surface area (Å²) in [6.45, 7) is 2.63. The minimum atomic E-state index is -0.600. The number of rotatable bonds is 5. The molecule has 0 aromatic carbocycles. The van der Waals surface area contributed by atoms with E-state index >= 15 is 0 Å². The van der Waals surface area contributed by atoms with Gasteiger partial charge in [0.05, 0.1) is 12.7 Å². The molecule has 0 aliphatic heterocycles. The highest BCUT2D eigenvalue weighted by Gasteiger charge is 2.20. The highest BCUT2D eigenvalue weighted by Crippen LogP contribution is 2.26. The average molecular weight is 201 g/mol. The van der Waals surface area contributed by atoms with E-state index in [0.717, 1.165) is 5.92 Å². The summed E-state index contributed by atoms with van der Waals surface area (Å²) in [5.74, 6) is 0.854. The molecule has 2 unspecified atom stereocenters. The highest BCUT2D eigenvalue weighted by molar-refractivity contribution is 4.78. The van der Waals surface area contributed by atoms with Crippen molar-refractivity contribution in [2.24, 2.45) is 5.92 Å². The summed E-state index contributed by atoms with van der Waals surface area (Å²) < 4.78 is 0. The molecule has 3 atom stereocenters. The van der Waals surface area contributed by atoms with Crippen molar-refractivity contribution in [3.8, 4) is 0 Å². The zero-order chi connectivity index (χ0) is 10.4. The summed E-state index contributed by atoms with van der Waals surface area (Å²) >= 11 is 0. The molecule has 0 spiro atoms. The minimum Gasteiger partial charge on any atom is -0.394 e. The molecule has 3 nitrogen and oxygen atoms in total. The molecule has 84 valence electrons. The third-order valence-electron chi connectivity index (χ3n) is 3.21. The number of aliphatic hydroxyl groups is 2. The Morgan fingerprint density at radius 3 is 2.86 bits per heavy atom. The number of hydrogen-bond acceptors (Lipinski definition) is 3. The van der Waals surface area contributed by atoms with Crippen molar-refractivity contribution in [3.05, 3.63) is 0 Å². The van der Waals surface area contributed by atoms with Gasteiger partial charge in [-0.1, -0.05) is 26.2 Å². The number of hydrogen-bond donors (Lipinski definition) is 3. The van der Waals surface area contributed by atoms with Crippen molar-refractivity contribution in [3.63, 3.8) is 0 Å². The monoisotopic (exact) mass is 201 g/mol. The van der Waals surface area contributed by atoms with Crippen molar-refractivity contribution in [1.82, 2.24) is 5.32 Å². The van der Waals surface area contributed by atoms with E-state index < -0.39 is 6.10 Å². The summed E-state index contributed by atoms with van der Waals surface area (Å²) in [7, 11) is 0. The van der Waals surface area contributed by atoms with E-state index in [4.69, 9.17) is 5.11 Å². The van der Waals surface area contributed by atoms with Gasteiger partial charge in [-0.15, -0.1) is 0 Å². The Labute approximate surface area is 86.5 Å². The molecule has 1 aliphatic rings. The average Bonchev–Trinajstić information content (AvgIpc) is 2.26. The first-order chi connectivity index (χ1) is 6.76. The lowest BCUT2D eigenvalue weighted by atomic mass is 9.84.